The van der Waals surface area contributed by atoms with Gasteiger partial charge in [0.05, 0.1) is 6.54 Å². The van der Waals surface area contributed by atoms with Crippen LogP contribution in [0.5, 0.6) is 0 Å². The first-order chi connectivity index (χ1) is 12.2. The van der Waals surface area contributed by atoms with Crippen LogP contribution in [-0.2, 0) is 6.54 Å². The maximum Gasteiger partial charge on any atom is 0.200 e. The van der Waals surface area contributed by atoms with E-state index >= 15 is 0 Å². The molecule has 0 aliphatic heterocycles. The lowest BCUT2D eigenvalue weighted by Crippen LogP contribution is -2.22. The molecule has 126 valence electrons. The van der Waals surface area contributed by atoms with Gasteiger partial charge in [0.2, 0.25) is 5.96 Å². The maximum absolute atomic E-state index is 4.72. The normalized spacial score (nSPS) is 10.2. The van der Waals surface area contributed by atoms with Crippen LogP contribution in [0.25, 0.3) is 0 Å². The molecular formula is C22H23N3. The first-order valence-electron chi connectivity index (χ1n) is 8.45. The Balaban J connectivity index is 1.79. The average Bonchev–Trinajstić information content (AvgIpc) is 2.64. The molecule has 0 saturated carbocycles. The van der Waals surface area contributed by atoms with Crippen molar-refractivity contribution < 1.29 is 0 Å². The molecule has 3 aromatic rings. The molecule has 2 N–H and O–H groups in total. The molecule has 3 heteroatoms. The van der Waals surface area contributed by atoms with E-state index in [1.807, 2.05) is 18.2 Å². The second-order valence-electron chi connectivity index (χ2n) is 6.13. The van der Waals surface area contributed by atoms with E-state index in [9.17, 15) is 0 Å². The summed E-state index contributed by atoms with van der Waals surface area (Å²) in [6.07, 6.45) is 0. The Hall–Kier alpha value is -3.07. The highest BCUT2D eigenvalue weighted by atomic mass is 15.2. The van der Waals surface area contributed by atoms with E-state index in [1.54, 1.807) is 0 Å². The quantitative estimate of drug-likeness (QED) is 0.498. The number of guanidine groups is 1. The van der Waals surface area contributed by atoms with E-state index in [0.29, 0.717) is 6.54 Å². The molecule has 0 aliphatic rings. The first-order valence-corrected chi connectivity index (χ1v) is 8.45. The number of benzene rings is 3. The van der Waals surface area contributed by atoms with Crippen LogP contribution in [0.2, 0.25) is 0 Å². The van der Waals surface area contributed by atoms with Gasteiger partial charge in [0.25, 0.3) is 0 Å². The number of aryl methyl sites for hydroxylation is 2. The topological polar surface area (TPSA) is 36.4 Å². The summed E-state index contributed by atoms with van der Waals surface area (Å²) in [5.74, 6) is 0.733. The monoisotopic (exact) mass is 329 g/mol. The standard InChI is InChI=1S/C22H23N3/c1-17-8-12-20(13-9-17)24-22(23-16-19-6-4-3-5-7-19)25-21-14-10-18(2)11-15-21/h3-15H,16H2,1-2H3,(H2,23,24,25). The van der Waals surface area contributed by atoms with Crippen molar-refractivity contribution in [2.45, 2.75) is 20.4 Å². The van der Waals surface area contributed by atoms with Crippen molar-refractivity contribution >= 4 is 17.3 Å². The second-order valence-corrected chi connectivity index (χ2v) is 6.13. The number of nitrogens with one attached hydrogen (secondary N) is 2. The minimum atomic E-state index is 0.619. The predicted molar refractivity (Wildman–Crippen MR) is 107 cm³/mol. The number of rotatable bonds is 4. The van der Waals surface area contributed by atoms with Crippen LogP contribution in [-0.4, -0.2) is 5.96 Å². The van der Waals surface area contributed by atoms with Crippen molar-refractivity contribution in [3.05, 3.63) is 95.6 Å². The third-order valence-electron chi connectivity index (χ3n) is 3.89. The van der Waals surface area contributed by atoms with Crippen molar-refractivity contribution in [3.63, 3.8) is 0 Å². The number of aliphatic imine (C=N–C) groups is 1. The molecule has 0 spiro atoms. The lowest BCUT2D eigenvalue weighted by Gasteiger charge is -2.13. The molecule has 0 aromatic heterocycles. The SMILES string of the molecule is Cc1ccc(NC(=NCc2ccccc2)Nc2ccc(C)cc2)cc1. The van der Waals surface area contributed by atoms with Gasteiger partial charge in [-0.3, -0.25) is 0 Å². The summed E-state index contributed by atoms with van der Waals surface area (Å²) in [7, 11) is 0. The molecule has 0 fully saturated rings. The highest BCUT2D eigenvalue weighted by Gasteiger charge is 2.02. The fourth-order valence-electron chi connectivity index (χ4n) is 2.41. The number of hydrogen-bond acceptors (Lipinski definition) is 1. The van der Waals surface area contributed by atoms with Crippen LogP contribution in [0.3, 0.4) is 0 Å². The van der Waals surface area contributed by atoms with Gasteiger partial charge in [-0.2, -0.15) is 0 Å². The van der Waals surface area contributed by atoms with Gasteiger partial charge in [-0.05, 0) is 43.7 Å². The Morgan fingerprint density at radius 3 is 1.64 bits per heavy atom. The van der Waals surface area contributed by atoms with Crippen LogP contribution in [0.4, 0.5) is 11.4 Å². The number of anilines is 2. The van der Waals surface area contributed by atoms with Gasteiger partial charge in [-0.25, -0.2) is 4.99 Å². The van der Waals surface area contributed by atoms with Crippen LogP contribution >= 0.6 is 0 Å². The zero-order chi connectivity index (χ0) is 17.5. The lowest BCUT2D eigenvalue weighted by atomic mass is 10.2. The molecule has 0 atom stereocenters. The third-order valence-corrected chi connectivity index (χ3v) is 3.89. The molecule has 0 unspecified atom stereocenters. The van der Waals surface area contributed by atoms with E-state index in [2.05, 4.69) is 85.1 Å². The first kappa shape index (κ1) is 16.8. The summed E-state index contributed by atoms with van der Waals surface area (Å²) >= 11 is 0. The number of nitrogens with zero attached hydrogens (tertiary/aromatic N) is 1. The summed E-state index contributed by atoms with van der Waals surface area (Å²) in [6.45, 7) is 4.78. The molecule has 0 saturated heterocycles. The highest BCUT2D eigenvalue weighted by Crippen LogP contribution is 2.12. The smallest absolute Gasteiger partial charge is 0.200 e. The van der Waals surface area contributed by atoms with Gasteiger partial charge in [-0.15, -0.1) is 0 Å². The molecule has 3 rings (SSSR count). The van der Waals surface area contributed by atoms with Gasteiger partial charge in [0, 0.05) is 11.4 Å². The van der Waals surface area contributed by atoms with Crippen LogP contribution in [0.1, 0.15) is 16.7 Å². The van der Waals surface area contributed by atoms with Crippen molar-refractivity contribution in [1.29, 1.82) is 0 Å². The van der Waals surface area contributed by atoms with Crippen molar-refractivity contribution in [3.8, 4) is 0 Å². The number of hydrogen-bond donors (Lipinski definition) is 2. The summed E-state index contributed by atoms with van der Waals surface area (Å²) in [4.78, 5) is 4.72. The molecule has 3 nitrogen and oxygen atoms in total. The van der Waals surface area contributed by atoms with E-state index in [1.165, 1.54) is 16.7 Å². The third kappa shape index (κ3) is 5.21. The van der Waals surface area contributed by atoms with Gasteiger partial charge in [0.1, 0.15) is 0 Å². The summed E-state index contributed by atoms with van der Waals surface area (Å²) in [6, 6.07) is 26.8. The Morgan fingerprint density at radius 2 is 1.16 bits per heavy atom. The molecule has 0 amide bonds. The van der Waals surface area contributed by atoms with Crippen LogP contribution in [0, 0.1) is 13.8 Å². The predicted octanol–water partition coefficient (Wildman–Crippen LogP) is 5.38. The molecule has 0 heterocycles. The summed E-state index contributed by atoms with van der Waals surface area (Å²) < 4.78 is 0. The van der Waals surface area contributed by atoms with Gasteiger partial charge >= 0.3 is 0 Å². The fourth-order valence-corrected chi connectivity index (χ4v) is 2.41. The minimum Gasteiger partial charge on any atom is -0.326 e. The van der Waals surface area contributed by atoms with E-state index in [0.717, 1.165) is 17.3 Å². The van der Waals surface area contributed by atoms with Gasteiger partial charge < -0.3 is 10.6 Å². The van der Waals surface area contributed by atoms with E-state index < -0.39 is 0 Å². The lowest BCUT2D eigenvalue weighted by molar-refractivity contribution is 1.06. The van der Waals surface area contributed by atoms with E-state index in [-0.39, 0.29) is 0 Å². The molecule has 0 radical (unpaired) electrons. The molecule has 3 aromatic carbocycles. The zero-order valence-electron chi connectivity index (χ0n) is 14.7. The van der Waals surface area contributed by atoms with Gasteiger partial charge in [0.15, 0.2) is 0 Å². The highest BCUT2D eigenvalue weighted by molar-refractivity contribution is 6.03. The molecular weight excluding hydrogens is 306 g/mol. The van der Waals surface area contributed by atoms with E-state index in [4.69, 9.17) is 4.99 Å². The van der Waals surface area contributed by atoms with Crippen LogP contribution < -0.4 is 10.6 Å². The summed E-state index contributed by atoms with van der Waals surface area (Å²) in [5, 5.41) is 6.76. The minimum absolute atomic E-state index is 0.619. The Kier molecular flexibility index (Phi) is 5.47. The fraction of sp³-hybridized carbons (Fsp3) is 0.136. The molecule has 25 heavy (non-hydrogen) atoms. The second kappa shape index (κ2) is 8.15. The van der Waals surface area contributed by atoms with Crippen LogP contribution in [0.15, 0.2) is 83.9 Å². The van der Waals surface area contributed by atoms with Crippen molar-refractivity contribution in [2.24, 2.45) is 4.99 Å². The summed E-state index contributed by atoms with van der Waals surface area (Å²) in [5.41, 5.74) is 5.67. The average molecular weight is 329 g/mol. The maximum atomic E-state index is 4.72. The van der Waals surface area contributed by atoms with Crippen molar-refractivity contribution in [2.75, 3.05) is 10.6 Å². The Labute approximate surface area is 149 Å². The van der Waals surface area contributed by atoms with Crippen molar-refractivity contribution in [1.82, 2.24) is 0 Å². The largest absolute Gasteiger partial charge is 0.326 e. The zero-order valence-corrected chi connectivity index (χ0v) is 14.7. The molecule has 0 bridgehead atoms. The Bertz CT molecular complexity index is 770. The molecule has 0 aliphatic carbocycles. The van der Waals surface area contributed by atoms with Gasteiger partial charge in [-0.1, -0.05) is 65.7 Å². The Morgan fingerprint density at radius 1 is 0.680 bits per heavy atom.